The predicted octanol–water partition coefficient (Wildman–Crippen LogP) is 3.37. The average molecular weight is 449 g/mol. The number of hydrogen-bond acceptors (Lipinski definition) is 4. The van der Waals surface area contributed by atoms with Crippen LogP contribution in [0, 0.1) is 0 Å². The molecule has 1 aliphatic rings. The maximum absolute atomic E-state index is 13.7. The molecule has 12 heteroatoms. The van der Waals surface area contributed by atoms with E-state index in [9.17, 15) is 30.8 Å². The number of hydrogen-bond donors (Lipinski definition) is 2. The molecule has 3 rings (SSSR count). The Morgan fingerprint density at radius 1 is 1.40 bits per heavy atom. The topological polar surface area (TPSA) is 101 Å². The molecule has 1 heterocycles. The summed E-state index contributed by atoms with van der Waals surface area (Å²) in [5, 5.41) is 12.9. The van der Waals surface area contributed by atoms with Crippen molar-refractivity contribution in [1.29, 1.82) is 0 Å². The van der Waals surface area contributed by atoms with Crippen LogP contribution >= 0.6 is 0 Å². The monoisotopic (exact) mass is 449 g/mol. The minimum Gasteiger partial charge on any atom is -0.480 e. The smallest absolute Gasteiger partial charge is 0.325 e. The molecular weight excluding hydrogens is 430 g/mol. The van der Waals surface area contributed by atoms with E-state index in [-0.39, 0.29) is 0 Å². The van der Waals surface area contributed by atoms with Crippen LogP contribution in [0.5, 0.6) is 0 Å². The zero-order chi connectivity index (χ0) is 22.3. The number of rotatable bonds is 7. The molecule has 0 bridgehead atoms. The van der Waals surface area contributed by atoms with Gasteiger partial charge in [-0.3, -0.25) is 9.48 Å². The second-order valence-electron chi connectivity index (χ2n) is 7.11. The first-order valence-corrected chi connectivity index (χ1v) is 10.5. The van der Waals surface area contributed by atoms with E-state index in [0.717, 1.165) is 6.07 Å². The van der Waals surface area contributed by atoms with Gasteiger partial charge in [0.15, 0.2) is 0 Å². The highest BCUT2D eigenvalue weighted by Crippen LogP contribution is 2.36. The number of carboxylic acid groups (broad SMARTS) is 1. The Labute approximate surface area is 169 Å². The van der Waals surface area contributed by atoms with Crippen LogP contribution in [0.4, 0.5) is 17.6 Å². The van der Waals surface area contributed by atoms with Crippen LogP contribution in [-0.4, -0.2) is 29.3 Å². The lowest BCUT2D eigenvalue weighted by Crippen LogP contribution is -2.32. The normalized spacial score (nSPS) is 17.2. The molecule has 0 spiro atoms. The molecule has 0 amide bonds. The summed E-state index contributed by atoms with van der Waals surface area (Å²) in [6, 6.07) is 1.16. The molecule has 1 unspecified atom stereocenters. The van der Waals surface area contributed by atoms with E-state index in [1.807, 2.05) is 0 Å². The Bertz CT molecular complexity index is 1060. The molecule has 164 valence electrons. The highest BCUT2D eigenvalue weighted by Gasteiger charge is 2.33. The number of nitrogens with zero attached hydrogens (tertiary/aromatic N) is 2. The summed E-state index contributed by atoms with van der Waals surface area (Å²) < 4.78 is 83.4. The SMILES string of the molecule is CC(F)(F)c1ccc(C(F)F)c(S(=O)(=O)NC2CCCc3c2cnn3CC(=O)O)c1. The van der Waals surface area contributed by atoms with Gasteiger partial charge in [0.1, 0.15) is 6.54 Å². The van der Waals surface area contributed by atoms with E-state index in [2.05, 4.69) is 9.82 Å². The molecule has 7 nitrogen and oxygen atoms in total. The van der Waals surface area contributed by atoms with Crippen molar-refractivity contribution in [3.63, 3.8) is 0 Å². The number of halogens is 4. The Morgan fingerprint density at radius 2 is 2.10 bits per heavy atom. The fourth-order valence-electron chi connectivity index (χ4n) is 3.48. The van der Waals surface area contributed by atoms with Gasteiger partial charge in [-0.1, -0.05) is 12.1 Å². The molecule has 0 saturated carbocycles. The van der Waals surface area contributed by atoms with Gasteiger partial charge in [-0.15, -0.1) is 0 Å². The van der Waals surface area contributed by atoms with Gasteiger partial charge < -0.3 is 5.11 Å². The van der Waals surface area contributed by atoms with Crippen molar-refractivity contribution in [1.82, 2.24) is 14.5 Å². The largest absolute Gasteiger partial charge is 0.480 e. The van der Waals surface area contributed by atoms with Crippen molar-refractivity contribution in [3.8, 4) is 0 Å². The minimum absolute atomic E-state index is 0.318. The molecule has 0 saturated heterocycles. The van der Waals surface area contributed by atoms with Crippen molar-refractivity contribution in [2.45, 2.75) is 56.0 Å². The van der Waals surface area contributed by atoms with E-state index in [0.29, 0.717) is 49.6 Å². The van der Waals surface area contributed by atoms with Crippen LogP contribution in [0.3, 0.4) is 0 Å². The highest BCUT2D eigenvalue weighted by atomic mass is 32.2. The molecule has 2 aromatic rings. The summed E-state index contributed by atoms with van der Waals surface area (Å²) in [7, 11) is -4.59. The second kappa shape index (κ2) is 7.99. The molecule has 30 heavy (non-hydrogen) atoms. The van der Waals surface area contributed by atoms with Gasteiger partial charge in [-0.05, 0) is 25.3 Å². The third-order valence-electron chi connectivity index (χ3n) is 4.89. The number of aromatic nitrogens is 2. The summed E-state index contributed by atoms with van der Waals surface area (Å²) >= 11 is 0. The number of nitrogens with one attached hydrogen (secondary N) is 1. The molecular formula is C18H19F4N3O4S. The van der Waals surface area contributed by atoms with Crippen LogP contribution in [0.1, 0.15) is 54.6 Å². The van der Waals surface area contributed by atoms with Gasteiger partial charge in [0.2, 0.25) is 10.0 Å². The quantitative estimate of drug-likeness (QED) is 0.632. The summed E-state index contributed by atoms with van der Waals surface area (Å²) in [5.41, 5.74) is -0.625. The van der Waals surface area contributed by atoms with E-state index < -0.39 is 56.9 Å². The van der Waals surface area contributed by atoms with Crippen LogP contribution in [-0.2, 0) is 33.7 Å². The molecule has 0 aliphatic heterocycles. The lowest BCUT2D eigenvalue weighted by molar-refractivity contribution is -0.137. The van der Waals surface area contributed by atoms with E-state index in [4.69, 9.17) is 5.11 Å². The number of aliphatic carboxylic acids is 1. The first-order valence-electron chi connectivity index (χ1n) is 8.99. The standard InChI is InChI=1S/C18H19F4N3O4S/c1-18(21,22)10-5-6-11(17(19)20)15(7-10)30(28,29)24-13-3-2-4-14-12(13)8-23-25(14)9-16(26)27/h5-8,13,17,24H,2-4,9H2,1H3,(H,26,27). The summed E-state index contributed by atoms with van der Waals surface area (Å²) in [6.07, 6.45) is -0.564. The fourth-order valence-corrected chi connectivity index (χ4v) is 4.97. The number of benzene rings is 1. The zero-order valence-corrected chi connectivity index (χ0v) is 16.6. The van der Waals surface area contributed by atoms with E-state index in [1.165, 1.54) is 10.9 Å². The van der Waals surface area contributed by atoms with Gasteiger partial charge in [0, 0.05) is 29.3 Å². The molecule has 0 fully saturated rings. The molecule has 2 N–H and O–H groups in total. The number of fused-ring (bicyclic) bond motifs is 1. The van der Waals surface area contributed by atoms with Gasteiger partial charge in [-0.2, -0.15) is 5.10 Å². The van der Waals surface area contributed by atoms with Crippen molar-refractivity contribution in [2.24, 2.45) is 0 Å². The third-order valence-corrected chi connectivity index (χ3v) is 6.42. The first kappa shape index (κ1) is 22.2. The lowest BCUT2D eigenvalue weighted by atomic mass is 9.94. The Balaban J connectivity index is 1.99. The lowest BCUT2D eigenvalue weighted by Gasteiger charge is -2.25. The Hall–Kier alpha value is -2.47. The van der Waals surface area contributed by atoms with Crippen LogP contribution < -0.4 is 4.72 Å². The maximum atomic E-state index is 13.7. The van der Waals surface area contributed by atoms with Gasteiger partial charge in [0.25, 0.3) is 12.3 Å². The second-order valence-corrected chi connectivity index (χ2v) is 8.79. The highest BCUT2D eigenvalue weighted by molar-refractivity contribution is 7.89. The van der Waals surface area contributed by atoms with E-state index >= 15 is 0 Å². The van der Waals surface area contributed by atoms with Gasteiger partial charge in [0.05, 0.1) is 17.1 Å². The fraction of sp³-hybridized carbons (Fsp3) is 0.444. The molecule has 1 atom stereocenters. The van der Waals surface area contributed by atoms with Crippen LogP contribution in [0.25, 0.3) is 0 Å². The van der Waals surface area contributed by atoms with Crippen molar-refractivity contribution in [3.05, 3.63) is 46.8 Å². The van der Waals surface area contributed by atoms with Crippen molar-refractivity contribution in [2.75, 3.05) is 0 Å². The van der Waals surface area contributed by atoms with Crippen LogP contribution in [0.2, 0.25) is 0 Å². The van der Waals surface area contributed by atoms with Crippen molar-refractivity contribution < 1.29 is 35.9 Å². The maximum Gasteiger partial charge on any atom is 0.325 e. The Morgan fingerprint density at radius 3 is 2.70 bits per heavy atom. The number of carboxylic acids is 1. The molecule has 1 aromatic carbocycles. The van der Waals surface area contributed by atoms with E-state index in [1.54, 1.807) is 0 Å². The third kappa shape index (κ3) is 4.48. The summed E-state index contributed by atoms with van der Waals surface area (Å²) in [6.45, 7) is 0.135. The van der Waals surface area contributed by atoms with Crippen molar-refractivity contribution >= 4 is 16.0 Å². The zero-order valence-electron chi connectivity index (χ0n) is 15.8. The van der Waals surface area contributed by atoms with Gasteiger partial charge in [-0.25, -0.2) is 30.7 Å². The van der Waals surface area contributed by atoms with Gasteiger partial charge >= 0.3 is 5.97 Å². The molecule has 1 aliphatic carbocycles. The predicted molar refractivity (Wildman–Crippen MR) is 96.8 cm³/mol. The summed E-state index contributed by atoms with van der Waals surface area (Å²) in [4.78, 5) is 10.0. The number of carbonyl (C=O) groups is 1. The molecule has 0 radical (unpaired) electrons. The first-order chi connectivity index (χ1) is 13.9. The number of alkyl halides is 4. The average Bonchev–Trinajstić information content (AvgIpc) is 3.03. The summed E-state index contributed by atoms with van der Waals surface area (Å²) in [5.74, 6) is -4.54. The minimum atomic E-state index is -4.59. The molecule has 1 aromatic heterocycles. The van der Waals surface area contributed by atoms with Crippen LogP contribution in [0.15, 0.2) is 29.3 Å². The number of sulfonamides is 1. The Kier molecular flexibility index (Phi) is 5.92.